The molecule has 9 aromatic carbocycles. The third-order valence-corrected chi connectivity index (χ3v) is 11.9. The molecule has 2 heterocycles. The number of thiophene rings is 1. The van der Waals surface area contributed by atoms with Crippen LogP contribution in [0.5, 0.6) is 0 Å². The fraction of sp³-hybridized carbons (Fsp3) is 0. The van der Waals surface area contributed by atoms with Gasteiger partial charge in [-0.2, -0.15) is 0 Å². The molecule has 0 fully saturated rings. The molecule has 11 rings (SSSR count). The van der Waals surface area contributed by atoms with Crippen molar-refractivity contribution in [3.05, 3.63) is 194 Å². The molecule has 0 saturated heterocycles. The quantitative estimate of drug-likeness (QED) is 0.163. The van der Waals surface area contributed by atoms with Crippen LogP contribution < -0.4 is 4.90 Å². The molecular formula is C50H32N2S. The smallest absolute Gasteiger partial charge is 0.0547 e. The normalized spacial score (nSPS) is 11.8. The van der Waals surface area contributed by atoms with Crippen molar-refractivity contribution in [1.82, 2.24) is 4.57 Å². The molecule has 0 aliphatic carbocycles. The van der Waals surface area contributed by atoms with Crippen LogP contribution >= 0.6 is 11.3 Å². The number of hydrogen-bond acceptors (Lipinski definition) is 2. The number of hydrogen-bond donors (Lipinski definition) is 0. The molecule has 0 amide bonds. The average molecular weight is 693 g/mol. The van der Waals surface area contributed by atoms with E-state index in [1.165, 1.54) is 80.3 Å². The van der Waals surface area contributed by atoms with Crippen molar-refractivity contribution in [2.75, 3.05) is 4.90 Å². The molecule has 0 aliphatic rings. The monoisotopic (exact) mass is 692 g/mol. The Bertz CT molecular complexity index is 3170. The van der Waals surface area contributed by atoms with Gasteiger partial charge in [-0.05, 0) is 99.4 Å². The summed E-state index contributed by atoms with van der Waals surface area (Å²) in [6.07, 6.45) is 0. The molecule has 11 aromatic rings. The van der Waals surface area contributed by atoms with E-state index in [-0.39, 0.29) is 0 Å². The van der Waals surface area contributed by atoms with E-state index < -0.39 is 0 Å². The van der Waals surface area contributed by atoms with Crippen LogP contribution in [0.4, 0.5) is 17.1 Å². The SMILES string of the molecule is c1ccc(N(c2ccc3c(ccc4ccccc43)c2)c2ccc3c(c2)sc2cccc(-c4ccc5c6ccccc6n(-c6ccccc6)c5c4)c23)cc1. The van der Waals surface area contributed by atoms with Gasteiger partial charge >= 0.3 is 0 Å². The lowest BCUT2D eigenvalue weighted by Gasteiger charge is -2.26. The zero-order chi connectivity index (χ0) is 34.9. The number of aromatic nitrogens is 1. The molecule has 0 radical (unpaired) electrons. The second-order valence-corrected chi connectivity index (χ2v) is 14.8. The summed E-state index contributed by atoms with van der Waals surface area (Å²) in [6.45, 7) is 0. The standard InChI is InChI=1S/C50H32N2S/c1-3-13-36(14-4-1)51(38-25-28-41-34(30-38)23-22-33-12-7-8-17-40(33)41)39-26-29-45-49(32-39)53-48-21-11-19-42(50(45)48)35-24-27-44-43-18-9-10-20-46(43)52(47(44)31-35)37-15-5-2-6-16-37/h1-32H. The van der Waals surface area contributed by atoms with Crippen molar-refractivity contribution in [2.24, 2.45) is 0 Å². The summed E-state index contributed by atoms with van der Waals surface area (Å²) < 4.78 is 4.97. The molecule has 248 valence electrons. The largest absolute Gasteiger partial charge is 0.310 e. The van der Waals surface area contributed by atoms with Crippen molar-refractivity contribution >= 4 is 91.9 Å². The summed E-state index contributed by atoms with van der Waals surface area (Å²) in [5.41, 5.74) is 9.52. The van der Waals surface area contributed by atoms with Crippen LogP contribution in [0.15, 0.2) is 194 Å². The van der Waals surface area contributed by atoms with E-state index in [0.29, 0.717) is 0 Å². The molecular weight excluding hydrogens is 661 g/mol. The van der Waals surface area contributed by atoms with Gasteiger partial charge in [0.2, 0.25) is 0 Å². The van der Waals surface area contributed by atoms with Gasteiger partial charge in [-0.15, -0.1) is 11.3 Å². The molecule has 2 aromatic heterocycles. The lowest BCUT2D eigenvalue weighted by molar-refractivity contribution is 1.18. The van der Waals surface area contributed by atoms with E-state index >= 15 is 0 Å². The zero-order valence-corrected chi connectivity index (χ0v) is 29.6. The fourth-order valence-electron chi connectivity index (χ4n) is 8.35. The fourth-order valence-corrected chi connectivity index (χ4v) is 9.52. The summed E-state index contributed by atoms with van der Waals surface area (Å²) in [5, 5.41) is 10.2. The minimum absolute atomic E-state index is 1.14. The summed E-state index contributed by atoms with van der Waals surface area (Å²) in [6, 6.07) is 70.9. The van der Waals surface area contributed by atoms with Crippen LogP contribution in [0.25, 0.3) is 80.3 Å². The van der Waals surface area contributed by atoms with Gasteiger partial charge < -0.3 is 9.47 Å². The van der Waals surface area contributed by atoms with Crippen LogP contribution in [-0.2, 0) is 0 Å². The van der Waals surface area contributed by atoms with Crippen LogP contribution in [0, 0.1) is 0 Å². The molecule has 0 atom stereocenters. The second-order valence-electron chi connectivity index (χ2n) is 13.7. The Kier molecular flexibility index (Phi) is 6.76. The van der Waals surface area contributed by atoms with E-state index in [1.807, 2.05) is 11.3 Å². The molecule has 0 saturated carbocycles. The first-order valence-electron chi connectivity index (χ1n) is 18.1. The van der Waals surface area contributed by atoms with Crippen molar-refractivity contribution in [1.29, 1.82) is 0 Å². The predicted molar refractivity (Wildman–Crippen MR) is 229 cm³/mol. The maximum Gasteiger partial charge on any atom is 0.0547 e. The highest BCUT2D eigenvalue weighted by Gasteiger charge is 2.18. The van der Waals surface area contributed by atoms with Gasteiger partial charge in [-0.1, -0.05) is 127 Å². The first kappa shape index (κ1) is 30.0. The van der Waals surface area contributed by atoms with E-state index in [1.54, 1.807) is 0 Å². The van der Waals surface area contributed by atoms with Crippen molar-refractivity contribution in [2.45, 2.75) is 0 Å². The number of rotatable bonds is 5. The van der Waals surface area contributed by atoms with Crippen LogP contribution in [0.3, 0.4) is 0 Å². The van der Waals surface area contributed by atoms with E-state index in [4.69, 9.17) is 0 Å². The van der Waals surface area contributed by atoms with Gasteiger partial charge in [0.25, 0.3) is 0 Å². The van der Waals surface area contributed by atoms with Crippen molar-refractivity contribution in [3.8, 4) is 16.8 Å². The van der Waals surface area contributed by atoms with Gasteiger partial charge in [0.05, 0.1) is 11.0 Å². The highest BCUT2D eigenvalue weighted by Crippen LogP contribution is 2.45. The molecule has 2 nitrogen and oxygen atoms in total. The highest BCUT2D eigenvalue weighted by molar-refractivity contribution is 7.26. The molecule has 3 heteroatoms. The first-order chi connectivity index (χ1) is 26.3. The minimum Gasteiger partial charge on any atom is -0.310 e. The Morgan fingerprint density at radius 1 is 0.377 bits per heavy atom. The maximum atomic E-state index is 2.40. The highest BCUT2D eigenvalue weighted by atomic mass is 32.1. The second kappa shape index (κ2) is 11.9. The summed E-state index contributed by atoms with van der Waals surface area (Å²) >= 11 is 1.87. The van der Waals surface area contributed by atoms with Crippen LogP contribution in [-0.4, -0.2) is 4.57 Å². The first-order valence-corrected chi connectivity index (χ1v) is 18.9. The lowest BCUT2D eigenvalue weighted by Crippen LogP contribution is -2.09. The Morgan fingerprint density at radius 3 is 1.91 bits per heavy atom. The van der Waals surface area contributed by atoms with Gasteiger partial charge in [0.1, 0.15) is 0 Å². The maximum absolute atomic E-state index is 2.40. The Labute approximate surface area is 311 Å². The van der Waals surface area contributed by atoms with Gasteiger partial charge in [0.15, 0.2) is 0 Å². The number of fused-ring (bicyclic) bond motifs is 9. The van der Waals surface area contributed by atoms with Crippen molar-refractivity contribution < 1.29 is 0 Å². The van der Waals surface area contributed by atoms with Crippen LogP contribution in [0.2, 0.25) is 0 Å². The Morgan fingerprint density at radius 2 is 1.04 bits per heavy atom. The van der Waals surface area contributed by atoms with Gasteiger partial charge in [-0.3, -0.25) is 0 Å². The van der Waals surface area contributed by atoms with Crippen molar-refractivity contribution in [3.63, 3.8) is 0 Å². The topological polar surface area (TPSA) is 8.17 Å². The molecule has 0 spiro atoms. The zero-order valence-electron chi connectivity index (χ0n) is 28.8. The van der Waals surface area contributed by atoms with Gasteiger partial charge in [0, 0.05) is 53.7 Å². The molecule has 0 aliphatic heterocycles. The summed E-state index contributed by atoms with van der Waals surface area (Å²) in [4.78, 5) is 2.38. The summed E-state index contributed by atoms with van der Waals surface area (Å²) in [5.74, 6) is 0. The molecule has 0 bridgehead atoms. The number of nitrogens with zero attached hydrogens (tertiary/aromatic N) is 2. The number of para-hydroxylation sites is 3. The van der Waals surface area contributed by atoms with E-state index in [9.17, 15) is 0 Å². The Balaban J connectivity index is 1.07. The number of anilines is 3. The van der Waals surface area contributed by atoms with E-state index in [2.05, 4.69) is 204 Å². The third-order valence-electron chi connectivity index (χ3n) is 10.7. The van der Waals surface area contributed by atoms with Gasteiger partial charge in [-0.25, -0.2) is 0 Å². The van der Waals surface area contributed by atoms with E-state index in [0.717, 1.165) is 17.1 Å². The average Bonchev–Trinajstić information content (AvgIpc) is 3.76. The predicted octanol–water partition coefficient (Wildman–Crippen LogP) is 14.6. The molecule has 53 heavy (non-hydrogen) atoms. The molecule has 0 unspecified atom stereocenters. The van der Waals surface area contributed by atoms with Crippen LogP contribution in [0.1, 0.15) is 0 Å². The minimum atomic E-state index is 1.14. The molecule has 0 N–H and O–H groups in total. The lowest BCUT2D eigenvalue weighted by atomic mass is 9.98. The Hall–Kier alpha value is -6.68. The third kappa shape index (κ3) is 4.78. The number of benzene rings is 9. The summed E-state index contributed by atoms with van der Waals surface area (Å²) in [7, 11) is 0.